The Balaban J connectivity index is 0.00000364. The highest BCUT2D eigenvalue weighted by atomic mass is 127. The maximum Gasteiger partial charge on any atom is 0.225 e. The average molecular weight is 489 g/mol. The fourth-order valence-electron chi connectivity index (χ4n) is 2.69. The molecule has 1 atom stereocenters. The Hall–Kier alpha value is -1.65. The topological polar surface area (TPSA) is 85.8 Å². The standard InChI is InChI=1S/C18H31N7O.HI/c1-4-15(3)23-17(19-5-2)20-10-7-16(26)24-11-13-25(14-12-24)18-21-8-6-9-22-18;/h6,8-9,15H,4-5,7,10-14H2,1-3H3,(H2,19,20,23);1H. The van der Waals surface area contributed by atoms with Gasteiger partial charge in [0.2, 0.25) is 11.9 Å². The molecule has 1 aromatic rings. The van der Waals surface area contributed by atoms with Crippen molar-refractivity contribution < 1.29 is 4.79 Å². The zero-order valence-corrected chi connectivity index (χ0v) is 18.8. The smallest absolute Gasteiger partial charge is 0.225 e. The lowest BCUT2D eigenvalue weighted by Gasteiger charge is -2.34. The third-order valence-electron chi connectivity index (χ3n) is 4.40. The van der Waals surface area contributed by atoms with Crippen LogP contribution in [0.5, 0.6) is 0 Å². The van der Waals surface area contributed by atoms with Crippen LogP contribution in [0.3, 0.4) is 0 Å². The van der Waals surface area contributed by atoms with Crippen LogP contribution in [-0.2, 0) is 4.79 Å². The molecule has 1 aliphatic heterocycles. The van der Waals surface area contributed by atoms with E-state index in [1.54, 1.807) is 12.4 Å². The van der Waals surface area contributed by atoms with Crippen molar-refractivity contribution in [3.63, 3.8) is 0 Å². The molecule has 27 heavy (non-hydrogen) atoms. The number of guanidine groups is 1. The number of carbonyl (C=O) groups is 1. The van der Waals surface area contributed by atoms with Gasteiger partial charge in [-0.1, -0.05) is 6.92 Å². The monoisotopic (exact) mass is 489 g/mol. The fourth-order valence-corrected chi connectivity index (χ4v) is 2.69. The zero-order valence-electron chi connectivity index (χ0n) is 16.5. The average Bonchev–Trinajstić information content (AvgIpc) is 2.68. The maximum absolute atomic E-state index is 12.4. The highest BCUT2D eigenvalue weighted by Crippen LogP contribution is 2.10. The highest BCUT2D eigenvalue weighted by Gasteiger charge is 2.22. The number of rotatable bonds is 7. The second-order valence-electron chi connectivity index (χ2n) is 6.38. The lowest BCUT2D eigenvalue weighted by Crippen LogP contribution is -2.49. The molecule has 1 aromatic heterocycles. The first-order chi connectivity index (χ1) is 12.6. The van der Waals surface area contributed by atoms with E-state index >= 15 is 0 Å². The van der Waals surface area contributed by atoms with Crippen LogP contribution in [0.2, 0.25) is 0 Å². The summed E-state index contributed by atoms with van der Waals surface area (Å²) in [7, 11) is 0. The van der Waals surface area contributed by atoms with Gasteiger partial charge >= 0.3 is 0 Å². The van der Waals surface area contributed by atoms with Crippen molar-refractivity contribution in [2.75, 3.05) is 44.2 Å². The summed E-state index contributed by atoms with van der Waals surface area (Å²) in [6.45, 7) is 10.5. The van der Waals surface area contributed by atoms with E-state index in [1.165, 1.54) is 0 Å². The summed E-state index contributed by atoms with van der Waals surface area (Å²) >= 11 is 0. The molecule has 1 aliphatic rings. The molecule has 0 radical (unpaired) electrons. The number of amides is 1. The SMILES string of the molecule is CCNC(=NCCC(=O)N1CCN(c2ncccn2)CC1)NC(C)CC.I. The van der Waals surface area contributed by atoms with Gasteiger partial charge in [0.15, 0.2) is 5.96 Å². The lowest BCUT2D eigenvalue weighted by molar-refractivity contribution is -0.131. The van der Waals surface area contributed by atoms with E-state index in [9.17, 15) is 4.79 Å². The molecule has 0 spiro atoms. The minimum atomic E-state index is 0. The van der Waals surface area contributed by atoms with Crippen molar-refractivity contribution in [3.8, 4) is 0 Å². The van der Waals surface area contributed by atoms with Crippen molar-refractivity contribution in [2.24, 2.45) is 4.99 Å². The Bertz CT molecular complexity index is 576. The summed E-state index contributed by atoms with van der Waals surface area (Å²) in [5.41, 5.74) is 0. The number of piperazine rings is 1. The minimum Gasteiger partial charge on any atom is -0.357 e. The number of hydrogen-bond donors (Lipinski definition) is 2. The molecule has 9 heteroatoms. The van der Waals surface area contributed by atoms with Crippen LogP contribution >= 0.6 is 24.0 Å². The number of carbonyl (C=O) groups excluding carboxylic acids is 1. The van der Waals surface area contributed by atoms with Gasteiger partial charge in [-0.05, 0) is 26.3 Å². The Morgan fingerprint density at radius 1 is 1.22 bits per heavy atom. The van der Waals surface area contributed by atoms with E-state index in [1.807, 2.05) is 17.9 Å². The van der Waals surface area contributed by atoms with Crippen molar-refractivity contribution in [1.82, 2.24) is 25.5 Å². The molecular formula is C18H32IN7O. The van der Waals surface area contributed by atoms with E-state index < -0.39 is 0 Å². The number of nitrogens with one attached hydrogen (secondary N) is 2. The Morgan fingerprint density at radius 2 is 1.89 bits per heavy atom. The molecule has 1 amide bonds. The first kappa shape index (κ1) is 23.4. The van der Waals surface area contributed by atoms with Gasteiger partial charge in [0.05, 0.1) is 6.54 Å². The Labute approximate surface area is 179 Å². The largest absolute Gasteiger partial charge is 0.357 e. The van der Waals surface area contributed by atoms with E-state index in [2.05, 4.69) is 44.3 Å². The third-order valence-corrected chi connectivity index (χ3v) is 4.40. The third kappa shape index (κ3) is 7.86. The molecule has 0 saturated carbocycles. The zero-order chi connectivity index (χ0) is 18.8. The lowest BCUT2D eigenvalue weighted by atomic mass is 10.2. The van der Waals surface area contributed by atoms with Crippen molar-refractivity contribution in [3.05, 3.63) is 18.5 Å². The van der Waals surface area contributed by atoms with Crippen LogP contribution in [0.15, 0.2) is 23.5 Å². The molecule has 2 rings (SSSR count). The number of aromatic nitrogens is 2. The molecule has 2 N–H and O–H groups in total. The van der Waals surface area contributed by atoms with Gasteiger partial charge in [-0.3, -0.25) is 9.79 Å². The van der Waals surface area contributed by atoms with Crippen LogP contribution in [0.25, 0.3) is 0 Å². The quantitative estimate of drug-likeness (QED) is 0.343. The van der Waals surface area contributed by atoms with E-state index in [-0.39, 0.29) is 29.9 Å². The highest BCUT2D eigenvalue weighted by molar-refractivity contribution is 14.0. The summed E-state index contributed by atoms with van der Waals surface area (Å²) in [6, 6.07) is 2.17. The Kier molecular flexibility index (Phi) is 11.0. The van der Waals surface area contributed by atoms with Crippen molar-refractivity contribution in [2.45, 2.75) is 39.7 Å². The summed E-state index contributed by atoms with van der Waals surface area (Å²) in [6.07, 6.45) is 4.94. The first-order valence-electron chi connectivity index (χ1n) is 9.48. The second kappa shape index (κ2) is 12.7. The molecule has 0 aliphatic carbocycles. The molecule has 0 aromatic carbocycles. The van der Waals surface area contributed by atoms with Crippen LogP contribution in [0.1, 0.15) is 33.6 Å². The summed E-state index contributed by atoms with van der Waals surface area (Å²) in [5.74, 6) is 1.66. The first-order valence-corrected chi connectivity index (χ1v) is 9.48. The molecule has 152 valence electrons. The second-order valence-corrected chi connectivity index (χ2v) is 6.38. The summed E-state index contributed by atoms with van der Waals surface area (Å²) in [4.78, 5) is 29.5. The molecular weight excluding hydrogens is 457 g/mol. The van der Waals surface area contributed by atoms with E-state index in [0.29, 0.717) is 32.1 Å². The van der Waals surface area contributed by atoms with Crippen LogP contribution in [0.4, 0.5) is 5.95 Å². The van der Waals surface area contributed by atoms with Gasteiger partial charge in [-0.15, -0.1) is 24.0 Å². The molecule has 1 unspecified atom stereocenters. The van der Waals surface area contributed by atoms with Crippen LogP contribution < -0.4 is 15.5 Å². The van der Waals surface area contributed by atoms with Gasteiger partial charge in [0.1, 0.15) is 0 Å². The number of aliphatic imine (C=N–C) groups is 1. The maximum atomic E-state index is 12.4. The fraction of sp³-hybridized carbons (Fsp3) is 0.667. The predicted octanol–water partition coefficient (Wildman–Crippen LogP) is 1.49. The Morgan fingerprint density at radius 3 is 2.48 bits per heavy atom. The predicted molar refractivity (Wildman–Crippen MR) is 120 cm³/mol. The van der Waals surface area contributed by atoms with Gasteiger partial charge < -0.3 is 20.4 Å². The molecule has 1 saturated heterocycles. The molecule has 2 heterocycles. The van der Waals surface area contributed by atoms with E-state index in [0.717, 1.165) is 38.0 Å². The summed E-state index contributed by atoms with van der Waals surface area (Å²) in [5, 5.41) is 6.56. The number of nitrogens with zero attached hydrogens (tertiary/aromatic N) is 5. The number of anilines is 1. The minimum absolute atomic E-state index is 0. The van der Waals surface area contributed by atoms with Gasteiger partial charge in [-0.2, -0.15) is 0 Å². The van der Waals surface area contributed by atoms with Crippen molar-refractivity contribution in [1.29, 1.82) is 0 Å². The van der Waals surface area contributed by atoms with Gasteiger partial charge in [0.25, 0.3) is 0 Å². The number of halogens is 1. The summed E-state index contributed by atoms with van der Waals surface area (Å²) < 4.78 is 0. The molecule has 8 nitrogen and oxygen atoms in total. The van der Waals surface area contributed by atoms with Crippen LogP contribution in [-0.4, -0.2) is 72.0 Å². The van der Waals surface area contributed by atoms with Gasteiger partial charge in [-0.25, -0.2) is 9.97 Å². The normalized spacial score (nSPS) is 15.7. The number of hydrogen-bond acceptors (Lipinski definition) is 5. The van der Waals surface area contributed by atoms with E-state index in [4.69, 9.17) is 0 Å². The van der Waals surface area contributed by atoms with Crippen LogP contribution in [0, 0.1) is 0 Å². The molecule has 1 fully saturated rings. The van der Waals surface area contributed by atoms with Gasteiger partial charge in [0, 0.05) is 57.6 Å². The van der Waals surface area contributed by atoms with Crippen molar-refractivity contribution >= 4 is 41.8 Å². The molecule has 0 bridgehead atoms.